The summed E-state index contributed by atoms with van der Waals surface area (Å²) in [5.74, 6) is -0.648. The molecule has 1 aliphatic heterocycles. The third-order valence-corrected chi connectivity index (χ3v) is 5.44. The highest BCUT2D eigenvalue weighted by atomic mass is 16.4. The summed E-state index contributed by atoms with van der Waals surface area (Å²) in [4.78, 5) is 26.0. The molecule has 4 heteroatoms. The van der Waals surface area contributed by atoms with Crippen molar-refractivity contribution >= 4 is 11.9 Å². The SMILES string of the molecule is O=C(O)[C@H]1CN(C(=O)c2ccc(-c3ccccc3)cc2)C[C@@H]1C1CC1. The Labute approximate surface area is 147 Å². The van der Waals surface area contributed by atoms with E-state index in [1.54, 1.807) is 4.90 Å². The van der Waals surface area contributed by atoms with Crippen LogP contribution in [0.4, 0.5) is 0 Å². The van der Waals surface area contributed by atoms with Gasteiger partial charge in [-0.05, 0) is 47.9 Å². The van der Waals surface area contributed by atoms with Gasteiger partial charge >= 0.3 is 5.97 Å². The summed E-state index contributed by atoms with van der Waals surface area (Å²) >= 11 is 0. The van der Waals surface area contributed by atoms with Crippen LogP contribution in [0.1, 0.15) is 23.2 Å². The highest BCUT2D eigenvalue weighted by molar-refractivity contribution is 5.95. The molecule has 2 aromatic rings. The van der Waals surface area contributed by atoms with Gasteiger partial charge in [-0.3, -0.25) is 9.59 Å². The van der Waals surface area contributed by atoms with Gasteiger partial charge in [0, 0.05) is 18.7 Å². The van der Waals surface area contributed by atoms with Crippen LogP contribution in [0.5, 0.6) is 0 Å². The van der Waals surface area contributed by atoms with Crippen LogP contribution in [0.15, 0.2) is 54.6 Å². The average molecular weight is 335 g/mol. The lowest BCUT2D eigenvalue weighted by Gasteiger charge is -2.16. The van der Waals surface area contributed by atoms with Gasteiger partial charge in [-0.1, -0.05) is 42.5 Å². The van der Waals surface area contributed by atoms with Crippen molar-refractivity contribution < 1.29 is 14.7 Å². The van der Waals surface area contributed by atoms with Crippen molar-refractivity contribution in [3.63, 3.8) is 0 Å². The lowest BCUT2D eigenvalue weighted by atomic mass is 9.92. The first kappa shape index (κ1) is 15.9. The van der Waals surface area contributed by atoms with E-state index in [1.165, 1.54) is 0 Å². The zero-order chi connectivity index (χ0) is 17.4. The maximum absolute atomic E-state index is 12.8. The minimum Gasteiger partial charge on any atom is -0.481 e. The molecule has 25 heavy (non-hydrogen) atoms. The molecule has 1 saturated heterocycles. The van der Waals surface area contributed by atoms with E-state index in [0.717, 1.165) is 24.0 Å². The zero-order valence-electron chi connectivity index (χ0n) is 14.0. The van der Waals surface area contributed by atoms with Gasteiger partial charge in [0.2, 0.25) is 0 Å². The fourth-order valence-corrected chi connectivity index (χ4v) is 3.88. The van der Waals surface area contributed by atoms with Gasteiger partial charge in [0.25, 0.3) is 5.91 Å². The number of carboxylic acid groups (broad SMARTS) is 1. The Bertz CT molecular complexity index is 781. The first-order valence-corrected chi connectivity index (χ1v) is 8.81. The van der Waals surface area contributed by atoms with Crippen LogP contribution in [-0.4, -0.2) is 35.0 Å². The number of nitrogens with zero attached hydrogens (tertiary/aromatic N) is 1. The van der Waals surface area contributed by atoms with Crippen molar-refractivity contribution in [2.75, 3.05) is 13.1 Å². The summed E-state index contributed by atoms with van der Waals surface area (Å²) in [6.07, 6.45) is 2.20. The molecule has 2 aromatic carbocycles. The van der Waals surface area contributed by atoms with Crippen LogP contribution in [-0.2, 0) is 4.79 Å². The standard InChI is InChI=1S/C21H21NO3/c23-20(22-12-18(16-8-9-16)19(13-22)21(24)25)17-10-6-15(7-11-17)14-4-2-1-3-5-14/h1-7,10-11,16,18-19H,8-9,12-13H2,(H,24,25)/t18-,19+/m1/s1. The molecule has 1 N–H and O–H groups in total. The lowest BCUT2D eigenvalue weighted by Crippen LogP contribution is -2.29. The van der Waals surface area contributed by atoms with E-state index in [9.17, 15) is 14.7 Å². The number of carbonyl (C=O) groups excluding carboxylic acids is 1. The number of hydrogen-bond acceptors (Lipinski definition) is 2. The maximum atomic E-state index is 12.8. The summed E-state index contributed by atoms with van der Waals surface area (Å²) < 4.78 is 0. The minimum absolute atomic E-state index is 0.0611. The van der Waals surface area contributed by atoms with Crippen LogP contribution >= 0.6 is 0 Å². The quantitative estimate of drug-likeness (QED) is 0.930. The van der Waals surface area contributed by atoms with Crippen molar-refractivity contribution in [2.45, 2.75) is 12.8 Å². The Morgan fingerprint density at radius 3 is 2.12 bits per heavy atom. The first-order chi connectivity index (χ1) is 12.1. The van der Waals surface area contributed by atoms with E-state index in [2.05, 4.69) is 0 Å². The fourth-order valence-electron chi connectivity index (χ4n) is 3.88. The molecule has 0 unspecified atom stereocenters. The molecule has 1 saturated carbocycles. The highest BCUT2D eigenvalue weighted by Crippen LogP contribution is 2.44. The predicted molar refractivity (Wildman–Crippen MR) is 95.1 cm³/mol. The summed E-state index contributed by atoms with van der Waals surface area (Å²) in [6, 6.07) is 17.6. The van der Waals surface area contributed by atoms with Crippen molar-refractivity contribution in [3.05, 3.63) is 60.2 Å². The molecule has 4 nitrogen and oxygen atoms in total. The van der Waals surface area contributed by atoms with E-state index >= 15 is 0 Å². The molecule has 0 spiro atoms. The summed E-state index contributed by atoms with van der Waals surface area (Å²) in [6.45, 7) is 0.899. The monoisotopic (exact) mass is 335 g/mol. The summed E-state index contributed by atoms with van der Waals surface area (Å²) in [7, 11) is 0. The Morgan fingerprint density at radius 1 is 0.880 bits per heavy atom. The Kier molecular flexibility index (Phi) is 4.04. The molecular formula is C21H21NO3. The van der Waals surface area contributed by atoms with Gasteiger partial charge in [-0.2, -0.15) is 0 Å². The summed E-state index contributed by atoms with van der Waals surface area (Å²) in [5.41, 5.74) is 2.81. The van der Waals surface area contributed by atoms with Gasteiger partial charge in [0.1, 0.15) is 0 Å². The number of rotatable bonds is 4. The number of hydrogen-bond donors (Lipinski definition) is 1. The van der Waals surface area contributed by atoms with Crippen LogP contribution in [0.3, 0.4) is 0 Å². The Morgan fingerprint density at radius 2 is 1.52 bits per heavy atom. The molecule has 2 atom stereocenters. The first-order valence-electron chi connectivity index (χ1n) is 8.81. The number of amides is 1. The van der Waals surface area contributed by atoms with Crippen molar-refractivity contribution in [1.29, 1.82) is 0 Å². The number of aliphatic carboxylic acids is 1. The van der Waals surface area contributed by atoms with Crippen molar-refractivity contribution in [3.8, 4) is 11.1 Å². The van der Waals surface area contributed by atoms with Gasteiger partial charge in [-0.25, -0.2) is 0 Å². The van der Waals surface area contributed by atoms with Crippen molar-refractivity contribution in [1.82, 2.24) is 4.90 Å². The number of likely N-dealkylation sites (tertiary alicyclic amines) is 1. The predicted octanol–water partition coefficient (Wildman–Crippen LogP) is 3.54. The van der Waals surface area contributed by atoms with Gasteiger partial charge in [0.05, 0.1) is 5.92 Å². The van der Waals surface area contributed by atoms with Crippen molar-refractivity contribution in [2.24, 2.45) is 17.8 Å². The molecule has 1 amide bonds. The fraction of sp³-hybridized carbons (Fsp3) is 0.333. The second-order valence-electron chi connectivity index (χ2n) is 7.10. The van der Waals surface area contributed by atoms with Crippen LogP contribution in [0, 0.1) is 17.8 Å². The van der Waals surface area contributed by atoms with E-state index in [4.69, 9.17) is 0 Å². The van der Waals surface area contributed by atoms with E-state index in [0.29, 0.717) is 24.6 Å². The molecule has 2 fully saturated rings. The van der Waals surface area contributed by atoms with Crippen LogP contribution in [0.25, 0.3) is 11.1 Å². The second-order valence-corrected chi connectivity index (χ2v) is 7.10. The second kappa shape index (κ2) is 6.36. The van der Waals surface area contributed by atoms with Gasteiger partial charge < -0.3 is 10.0 Å². The molecule has 2 aliphatic rings. The number of carboxylic acids is 1. The molecule has 0 radical (unpaired) electrons. The number of carbonyl (C=O) groups is 2. The van der Waals surface area contributed by atoms with Gasteiger partial charge in [-0.15, -0.1) is 0 Å². The minimum atomic E-state index is -0.772. The van der Waals surface area contributed by atoms with E-state index in [1.807, 2.05) is 54.6 Å². The molecule has 4 rings (SSSR count). The zero-order valence-corrected chi connectivity index (χ0v) is 14.0. The third kappa shape index (κ3) is 3.16. The van der Waals surface area contributed by atoms with Crippen LogP contribution in [0.2, 0.25) is 0 Å². The Hall–Kier alpha value is -2.62. The molecule has 1 heterocycles. The Balaban J connectivity index is 1.50. The van der Waals surface area contributed by atoms with Gasteiger partial charge in [0.15, 0.2) is 0 Å². The lowest BCUT2D eigenvalue weighted by molar-refractivity contribution is -0.142. The van der Waals surface area contributed by atoms with E-state index < -0.39 is 11.9 Å². The molecule has 0 aromatic heterocycles. The van der Waals surface area contributed by atoms with E-state index in [-0.39, 0.29) is 11.8 Å². The molecular weight excluding hydrogens is 314 g/mol. The highest BCUT2D eigenvalue weighted by Gasteiger charge is 2.46. The molecule has 0 bridgehead atoms. The number of benzene rings is 2. The summed E-state index contributed by atoms with van der Waals surface area (Å²) in [5, 5.41) is 9.45. The third-order valence-electron chi connectivity index (χ3n) is 5.44. The molecule has 128 valence electrons. The molecule has 1 aliphatic carbocycles. The smallest absolute Gasteiger partial charge is 0.308 e. The maximum Gasteiger partial charge on any atom is 0.308 e. The van der Waals surface area contributed by atoms with Crippen LogP contribution < -0.4 is 0 Å². The topological polar surface area (TPSA) is 57.6 Å². The largest absolute Gasteiger partial charge is 0.481 e. The average Bonchev–Trinajstić information content (AvgIpc) is 3.40. The normalized spacial score (nSPS) is 22.8.